The quantitative estimate of drug-likeness (QED) is 0.637. The van der Waals surface area contributed by atoms with Crippen LogP contribution in [-0.2, 0) is 9.47 Å². The fourth-order valence-electron chi connectivity index (χ4n) is 2.21. The molecule has 0 spiro atoms. The molecule has 1 unspecified atom stereocenters. The number of ether oxygens (including phenoxy) is 3. The van der Waals surface area contributed by atoms with Crippen molar-refractivity contribution in [2.45, 2.75) is 32.7 Å². The molecule has 120 valence electrons. The highest BCUT2D eigenvalue weighted by atomic mass is 16.5. The molecule has 0 saturated heterocycles. The van der Waals surface area contributed by atoms with Crippen LogP contribution in [0.4, 0.5) is 0 Å². The van der Waals surface area contributed by atoms with Gasteiger partial charge in [0.2, 0.25) is 0 Å². The minimum atomic E-state index is 0.155. The number of nitrogens with one attached hydrogen (secondary N) is 1. The second-order valence-electron chi connectivity index (χ2n) is 5.17. The van der Waals surface area contributed by atoms with Crippen LogP contribution in [0.15, 0.2) is 18.2 Å². The molecule has 0 aliphatic heterocycles. The van der Waals surface area contributed by atoms with Gasteiger partial charge in [0.15, 0.2) is 0 Å². The standard InChI is InChI=1S/C17H29NO3/c1-5-9-18-16(13-21-11-6-10-19-3)15-12-14(2)7-8-17(15)20-4/h7-8,12,16,18H,5-6,9-11,13H2,1-4H3. The summed E-state index contributed by atoms with van der Waals surface area (Å²) in [4.78, 5) is 0. The first-order valence-corrected chi connectivity index (χ1v) is 7.67. The Morgan fingerprint density at radius 1 is 1.19 bits per heavy atom. The van der Waals surface area contributed by atoms with Gasteiger partial charge in [-0.25, -0.2) is 0 Å². The summed E-state index contributed by atoms with van der Waals surface area (Å²) >= 11 is 0. The number of benzene rings is 1. The van der Waals surface area contributed by atoms with E-state index < -0.39 is 0 Å². The maximum Gasteiger partial charge on any atom is 0.123 e. The lowest BCUT2D eigenvalue weighted by Gasteiger charge is -2.22. The maximum absolute atomic E-state index is 5.79. The Morgan fingerprint density at radius 2 is 2.00 bits per heavy atom. The Morgan fingerprint density at radius 3 is 2.67 bits per heavy atom. The van der Waals surface area contributed by atoms with Gasteiger partial charge in [0, 0.05) is 25.9 Å². The summed E-state index contributed by atoms with van der Waals surface area (Å²) in [7, 11) is 3.42. The van der Waals surface area contributed by atoms with E-state index in [1.165, 1.54) is 5.56 Å². The second-order valence-corrected chi connectivity index (χ2v) is 5.17. The molecular formula is C17H29NO3. The van der Waals surface area contributed by atoms with Crippen LogP contribution < -0.4 is 10.1 Å². The Bertz CT molecular complexity index is 396. The van der Waals surface area contributed by atoms with Crippen molar-refractivity contribution in [1.29, 1.82) is 0 Å². The van der Waals surface area contributed by atoms with Crippen LogP contribution in [-0.4, -0.2) is 40.6 Å². The predicted molar refractivity (Wildman–Crippen MR) is 86.1 cm³/mol. The minimum absolute atomic E-state index is 0.155. The van der Waals surface area contributed by atoms with Gasteiger partial charge in [0.1, 0.15) is 5.75 Å². The molecule has 1 atom stereocenters. The monoisotopic (exact) mass is 295 g/mol. The van der Waals surface area contributed by atoms with E-state index in [2.05, 4.69) is 31.3 Å². The highest BCUT2D eigenvalue weighted by molar-refractivity contribution is 5.39. The average molecular weight is 295 g/mol. The molecule has 4 nitrogen and oxygen atoms in total. The molecule has 0 aliphatic carbocycles. The lowest BCUT2D eigenvalue weighted by molar-refractivity contribution is 0.0869. The molecule has 0 heterocycles. The molecule has 1 N–H and O–H groups in total. The molecule has 0 aromatic heterocycles. The zero-order valence-corrected chi connectivity index (χ0v) is 13.8. The van der Waals surface area contributed by atoms with Gasteiger partial charge >= 0.3 is 0 Å². The summed E-state index contributed by atoms with van der Waals surface area (Å²) in [5, 5.41) is 3.54. The van der Waals surface area contributed by atoms with Crippen molar-refractivity contribution < 1.29 is 14.2 Å². The average Bonchev–Trinajstić information content (AvgIpc) is 2.50. The molecular weight excluding hydrogens is 266 g/mol. The fraction of sp³-hybridized carbons (Fsp3) is 0.647. The van der Waals surface area contributed by atoms with Crippen LogP contribution in [0.1, 0.15) is 36.9 Å². The highest BCUT2D eigenvalue weighted by Crippen LogP contribution is 2.26. The van der Waals surface area contributed by atoms with Crippen molar-refractivity contribution in [2.75, 3.05) is 40.6 Å². The molecule has 4 heteroatoms. The molecule has 1 aromatic rings. The van der Waals surface area contributed by atoms with E-state index in [4.69, 9.17) is 14.2 Å². The molecule has 0 radical (unpaired) electrons. The summed E-state index contributed by atoms with van der Waals surface area (Å²) < 4.78 is 16.3. The molecule has 21 heavy (non-hydrogen) atoms. The van der Waals surface area contributed by atoms with Crippen LogP contribution in [0.3, 0.4) is 0 Å². The van der Waals surface area contributed by atoms with Crippen molar-refractivity contribution in [3.63, 3.8) is 0 Å². The predicted octanol–water partition coefficient (Wildman–Crippen LogP) is 3.10. The molecule has 1 aromatic carbocycles. The van der Waals surface area contributed by atoms with Crippen LogP contribution in [0.25, 0.3) is 0 Å². The van der Waals surface area contributed by atoms with E-state index in [1.54, 1.807) is 14.2 Å². The van der Waals surface area contributed by atoms with Gasteiger partial charge in [-0.05, 0) is 32.4 Å². The summed E-state index contributed by atoms with van der Waals surface area (Å²) in [6.45, 7) is 7.32. The summed E-state index contributed by atoms with van der Waals surface area (Å²) in [6.07, 6.45) is 2.01. The minimum Gasteiger partial charge on any atom is -0.496 e. The van der Waals surface area contributed by atoms with Gasteiger partial charge in [-0.2, -0.15) is 0 Å². The van der Waals surface area contributed by atoms with E-state index in [-0.39, 0.29) is 6.04 Å². The van der Waals surface area contributed by atoms with E-state index >= 15 is 0 Å². The number of methoxy groups -OCH3 is 2. The normalized spacial score (nSPS) is 12.4. The molecule has 0 fully saturated rings. The van der Waals surface area contributed by atoms with Crippen molar-refractivity contribution in [2.24, 2.45) is 0 Å². The summed E-state index contributed by atoms with van der Waals surface area (Å²) in [6, 6.07) is 6.42. The van der Waals surface area contributed by atoms with E-state index in [9.17, 15) is 0 Å². The van der Waals surface area contributed by atoms with Crippen LogP contribution in [0.5, 0.6) is 5.75 Å². The van der Waals surface area contributed by atoms with Gasteiger partial charge in [0.25, 0.3) is 0 Å². The van der Waals surface area contributed by atoms with E-state index in [1.807, 2.05) is 6.07 Å². The SMILES string of the molecule is CCCNC(COCCCOC)c1cc(C)ccc1OC. The second kappa shape index (κ2) is 10.6. The van der Waals surface area contributed by atoms with Gasteiger partial charge in [0.05, 0.1) is 19.8 Å². The zero-order valence-electron chi connectivity index (χ0n) is 13.8. The fourth-order valence-corrected chi connectivity index (χ4v) is 2.21. The van der Waals surface area contributed by atoms with Gasteiger partial charge in [-0.1, -0.05) is 24.6 Å². The first kappa shape index (κ1) is 18.0. The zero-order chi connectivity index (χ0) is 15.5. The Balaban J connectivity index is 2.69. The Kier molecular flexibility index (Phi) is 9.06. The molecule has 0 amide bonds. The molecule has 0 saturated carbocycles. The van der Waals surface area contributed by atoms with E-state index in [0.29, 0.717) is 13.2 Å². The van der Waals surface area contributed by atoms with Gasteiger partial charge in [-0.3, -0.25) is 0 Å². The third kappa shape index (κ3) is 6.46. The van der Waals surface area contributed by atoms with E-state index in [0.717, 1.165) is 37.3 Å². The smallest absolute Gasteiger partial charge is 0.123 e. The molecule has 0 bridgehead atoms. The number of hydrogen-bond acceptors (Lipinski definition) is 4. The van der Waals surface area contributed by atoms with Crippen molar-refractivity contribution in [1.82, 2.24) is 5.32 Å². The topological polar surface area (TPSA) is 39.7 Å². The third-order valence-corrected chi connectivity index (χ3v) is 3.32. The Hall–Kier alpha value is -1.10. The number of aryl methyl sites for hydroxylation is 1. The first-order chi connectivity index (χ1) is 10.2. The Labute approximate surface area is 128 Å². The molecule has 0 aliphatic rings. The van der Waals surface area contributed by atoms with Crippen LogP contribution >= 0.6 is 0 Å². The number of hydrogen-bond donors (Lipinski definition) is 1. The maximum atomic E-state index is 5.79. The lowest BCUT2D eigenvalue weighted by Crippen LogP contribution is -2.27. The van der Waals surface area contributed by atoms with Crippen LogP contribution in [0, 0.1) is 6.92 Å². The van der Waals surface area contributed by atoms with Gasteiger partial charge < -0.3 is 19.5 Å². The van der Waals surface area contributed by atoms with Crippen LogP contribution in [0.2, 0.25) is 0 Å². The van der Waals surface area contributed by atoms with Crippen molar-refractivity contribution in [3.8, 4) is 5.75 Å². The third-order valence-electron chi connectivity index (χ3n) is 3.32. The number of rotatable bonds is 11. The summed E-state index contributed by atoms with van der Waals surface area (Å²) in [5.41, 5.74) is 2.39. The highest BCUT2D eigenvalue weighted by Gasteiger charge is 2.16. The lowest BCUT2D eigenvalue weighted by atomic mass is 10.0. The van der Waals surface area contributed by atoms with Gasteiger partial charge in [-0.15, -0.1) is 0 Å². The molecule has 1 rings (SSSR count). The van der Waals surface area contributed by atoms with Crippen molar-refractivity contribution >= 4 is 0 Å². The largest absolute Gasteiger partial charge is 0.496 e. The summed E-state index contributed by atoms with van der Waals surface area (Å²) in [5.74, 6) is 0.912. The first-order valence-electron chi connectivity index (χ1n) is 7.67. The van der Waals surface area contributed by atoms with Crippen molar-refractivity contribution in [3.05, 3.63) is 29.3 Å².